The lowest BCUT2D eigenvalue weighted by Crippen LogP contribution is -2.39. The molecule has 1 aromatic rings. The van der Waals surface area contributed by atoms with Gasteiger partial charge in [0.1, 0.15) is 0 Å². The highest BCUT2D eigenvalue weighted by molar-refractivity contribution is 9.10. The number of piperidine rings is 1. The van der Waals surface area contributed by atoms with Gasteiger partial charge in [0.05, 0.1) is 0 Å². The van der Waals surface area contributed by atoms with Gasteiger partial charge in [0.15, 0.2) is 0 Å². The second kappa shape index (κ2) is 7.95. The van der Waals surface area contributed by atoms with E-state index in [1.54, 1.807) is 0 Å². The summed E-state index contributed by atoms with van der Waals surface area (Å²) in [6.07, 6.45) is 3.03. The lowest BCUT2D eigenvalue weighted by atomic mass is 9.96. The van der Waals surface area contributed by atoms with Gasteiger partial charge in [-0.15, -0.1) is 0 Å². The molecule has 1 aliphatic heterocycles. The molecule has 1 amide bonds. The van der Waals surface area contributed by atoms with Crippen molar-refractivity contribution in [2.24, 2.45) is 5.92 Å². The first-order valence-electron chi connectivity index (χ1n) is 7.76. The number of benzene rings is 1. The molecule has 0 aliphatic carbocycles. The van der Waals surface area contributed by atoms with E-state index < -0.39 is 0 Å². The Kier molecular flexibility index (Phi) is 6.24. The van der Waals surface area contributed by atoms with Gasteiger partial charge in [-0.3, -0.25) is 4.79 Å². The summed E-state index contributed by atoms with van der Waals surface area (Å²) in [6.45, 7) is 5.16. The Morgan fingerprint density at radius 2 is 2.14 bits per heavy atom. The normalized spacial score (nSPS) is 20.0. The van der Waals surface area contributed by atoms with E-state index in [1.165, 1.54) is 18.4 Å². The maximum Gasteiger partial charge on any atom is 0.222 e. The average Bonchev–Trinajstić information content (AvgIpc) is 2.48. The number of carbonyl (C=O) groups excluding carboxylic acids is 1. The van der Waals surface area contributed by atoms with Crippen LogP contribution in [0.3, 0.4) is 0 Å². The number of hydrogen-bond donors (Lipinski definition) is 1. The molecule has 0 spiro atoms. The van der Waals surface area contributed by atoms with E-state index in [0.29, 0.717) is 12.3 Å². The maximum absolute atomic E-state index is 12.4. The van der Waals surface area contributed by atoms with E-state index in [0.717, 1.165) is 24.1 Å². The molecule has 2 rings (SSSR count). The minimum absolute atomic E-state index is 0.246. The highest BCUT2D eigenvalue weighted by Crippen LogP contribution is 2.22. The molecule has 1 N–H and O–H groups in total. The van der Waals surface area contributed by atoms with E-state index in [1.807, 2.05) is 24.1 Å². The molecule has 1 aliphatic rings. The summed E-state index contributed by atoms with van der Waals surface area (Å²) in [7, 11) is 1.94. The Hall–Kier alpha value is -0.870. The number of halogens is 1. The molecule has 3 nitrogen and oxygen atoms in total. The highest BCUT2D eigenvalue weighted by atomic mass is 79.9. The van der Waals surface area contributed by atoms with Crippen LogP contribution in [0.1, 0.15) is 37.7 Å². The van der Waals surface area contributed by atoms with Gasteiger partial charge in [-0.05, 0) is 55.5 Å². The van der Waals surface area contributed by atoms with Gasteiger partial charge in [0.25, 0.3) is 0 Å². The average molecular weight is 353 g/mol. The van der Waals surface area contributed by atoms with Crippen LogP contribution < -0.4 is 5.32 Å². The molecular formula is C17H25BrN2O. The SMILES string of the molecule is CC(CC(=O)N(C)CC1CCCNC1)c1ccc(Br)cc1. The van der Waals surface area contributed by atoms with Crippen LogP contribution in [0, 0.1) is 5.92 Å². The van der Waals surface area contributed by atoms with Gasteiger partial charge in [-0.1, -0.05) is 35.0 Å². The molecule has 1 heterocycles. The van der Waals surface area contributed by atoms with Crippen LogP contribution in [-0.2, 0) is 4.79 Å². The Morgan fingerprint density at radius 1 is 1.43 bits per heavy atom. The zero-order valence-corrected chi connectivity index (χ0v) is 14.5. The van der Waals surface area contributed by atoms with Crippen molar-refractivity contribution in [1.82, 2.24) is 10.2 Å². The summed E-state index contributed by atoms with van der Waals surface area (Å²) < 4.78 is 1.08. The monoisotopic (exact) mass is 352 g/mol. The van der Waals surface area contributed by atoms with Crippen LogP contribution in [0.25, 0.3) is 0 Å². The second-order valence-corrected chi connectivity index (χ2v) is 7.06. The lowest BCUT2D eigenvalue weighted by Gasteiger charge is -2.28. The van der Waals surface area contributed by atoms with E-state index >= 15 is 0 Å². The largest absolute Gasteiger partial charge is 0.345 e. The Morgan fingerprint density at radius 3 is 2.76 bits per heavy atom. The van der Waals surface area contributed by atoms with Crippen LogP contribution in [0.15, 0.2) is 28.7 Å². The summed E-state index contributed by atoms with van der Waals surface area (Å²) in [6, 6.07) is 8.25. The molecule has 0 radical (unpaired) electrons. The third-order valence-corrected chi connectivity index (χ3v) is 4.81. The predicted octanol–water partition coefficient (Wildman–Crippen LogP) is 3.40. The van der Waals surface area contributed by atoms with Crippen LogP contribution in [0.4, 0.5) is 0 Å². The van der Waals surface area contributed by atoms with Gasteiger partial charge in [-0.25, -0.2) is 0 Å². The van der Waals surface area contributed by atoms with Crippen molar-refractivity contribution < 1.29 is 4.79 Å². The van der Waals surface area contributed by atoms with E-state index in [-0.39, 0.29) is 11.8 Å². The fraction of sp³-hybridized carbons (Fsp3) is 0.588. The van der Waals surface area contributed by atoms with Crippen molar-refractivity contribution in [1.29, 1.82) is 0 Å². The van der Waals surface area contributed by atoms with E-state index in [2.05, 4.69) is 40.3 Å². The zero-order valence-electron chi connectivity index (χ0n) is 12.9. The number of rotatable bonds is 5. The molecular weight excluding hydrogens is 328 g/mol. The summed E-state index contributed by atoms with van der Waals surface area (Å²) in [5, 5.41) is 3.41. The van der Waals surface area contributed by atoms with Crippen LogP contribution >= 0.6 is 15.9 Å². The molecule has 0 saturated carbocycles. The summed E-state index contributed by atoms with van der Waals surface area (Å²) >= 11 is 3.44. The maximum atomic E-state index is 12.4. The first-order valence-corrected chi connectivity index (χ1v) is 8.55. The second-order valence-electron chi connectivity index (χ2n) is 6.14. The van der Waals surface area contributed by atoms with Crippen LogP contribution in [-0.4, -0.2) is 37.5 Å². The Balaban J connectivity index is 1.83. The van der Waals surface area contributed by atoms with E-state index in [4.69, 9.17) is 0 Å². The quantitative estimate of drug-likeness (QED) is 0.880. The van der Waals surface area contributed by atoms with Gasteiger partial charge in [-0.2, -0.15) is 0 Å². The smallest absolute Gasteiger partial charge is 0.222 e. The summed E-state index contributed by atoms with van der Waals surface area (Å²) in [5.41, 5.74) is 1.22. The number of nitrogens with zero attached hydrogens (tertiary/aromatic N) is 1. The Bertz CT molecular complexity index is 454. The minimum atomic E-state index is 0.246. The molecule has 21 heavy (non-hydrogen) atoms. The molecule has 0 aromatic heterocycles. The van der Waals surface area contributed by atoms with Crippen molar-refractivity contribution in [2.45, 2.75) is 32.1 Å². The van der Waals surface area contributed by atoms with Crippen molar-refractivity contribution in [3.05, 3.63) is 34.3 Å². The first kappa shape index (κ1) is 16.5. The Labute approximate surface area is 136 Å². The standard InChI is InChI=1S/C17H25BrN2O/c1-13(15-5-7-16(18)8-6-15)10-17(21)20(2)12-14-4-3-9-19-11-14/h5-8,13-14,19H,3-4,9-12H2,1-2H3. The third-order valence-electron chi connectivity index (χ3n) is 4.28. The topological polar surface area (TPSA) is 32.3 Å². The van der Waals surface area contributed by atoms with Crippen molar-refractivity contribution in [2.75, 3.05) is 26.7 Å². The summed E-state index contributed by atoms with van der Waals surface area (Å²) in [4.78, 5) is 14.3. The van der Waals surface area contributed by atoms with Gasteiger partial charge < -0.3 is 10.2 Å². The third kappa shape index (κ3) is 5.11. The molecule has 2 unspecified atom stereocenters. The molecule has 0 bridgehead atoms. The highest BCUT2D eigenvalue weighted by Gasteiger charge is 2.19. The van der Waals surface area contributed by atoms with Crippen molar-refractivity contribution in [3.8, 4) is 0 Å². The van der Waals surface area contributed by atoms with Crippen molar-refractivity contribution in [3.63, 3.8) is 0 Å². The van der Waals surface area contributed by atoms with Crippen LogP contribution in [0.2, 0.25) is 0 Å². The molecule has 116 valence electrons. The molecule has 4 heteroatoms. The molecule has 2 atom stereocenters. The first-order chi connectivity index (χ1) is 10.1. The number of amides is 1. The van der Waals surface area contributed by atoms with E-state index in [9.17, 15) is 4.79 Å². The van der Waals surface area contributed by atoms with Gasteiger partial charge >= 0.3 is 0 Å². The molecule has 1 saturated heterocycles. The fourth-order valence-electron chi connectivity index (χ4n) is 2.90. The van der Waals surface area contributed by atoms with Crippen LogP contribution in [0.5, 0.6) is 0 Å². The molecule has 1 aromatic carbocycles. The number of nitrogens with one attached hydrogen (secondary N) is 1. The molecule has 1 fully saturated rings. The fourth-order valence-corrected chi connectivity index (χ4v) is 3.16. The predicted molar refractivity (Wildman–Crippen MR) is 90.4 cm³/mol. The van der Waals surface area contributed by atoms with Crippen molar-refractivity contribution >= 4 is 21.8 Å². The summed E-state index contributed by atoms with van der Waals surface area (Å²) in [5.74, 6) is 1.12. The lowest BCUT2D eigenvalue weighted by molar-refractivity contribution is -0.130. The zero-order chi connectivity index (χ0) is 15.2. The minimum Gasteiger partial charge on any atom is -0.345 e. The van der Waals surface area contributed by atoms with Gasteiger partial charge in [0.2, 0.25) is 5.91 Å². The number of hydrogen-bond acceptors (Lipinski definition) is 2. The van der Waals surface area contributed by atoms with Gasteiger partial charge in [0, 0.05) is 24.5 Å². The number of carbonyl (C=O) groups is 1.